The number of hydrogen-bond acceptors (Lipinski definition) is 4. The van der Waals surface area contributed by atoms with Crippen molar-refractivity contribution in [2.75, 3.05) is 0 Å². The largest absolute Gasteiger partial charge is 0.443 e. The molecule has 0 radical (unpaired) electrons. The van der Waals surface area contributed by atoms with Gasteiger partial charge >= 0.3 is 6.18 Å². The molecule has 0 aliphatic carbocycles. The molecular formula is C11H10F3NOS2. The summed E-state index contributed by atoms with van der Waals surface area (Å²) < 4.78 is 37.2. The van der Waals surface area contributed by atoms with E-state index in [0.717, 1.165) is 16.6 Å². The third kappa shape index (κ3) is 2.57. The summed E-state index contributed by atoms with van der Waals surface area (Å²) in [6.45, 7) is 3.81. The van der Waals surface area contributed by atoms with Gasteiger partial charge in [-0.1, -0.05) is 0 Å². The van der Waals surface area contributed by atoms with Crippen molar-refractivity contribution >= 4 is 22.7 Å². The maximum atomic E-state index is 12.4. The van der Waals surface area contributed by atoms with Gasteiger partial charge in [-0.25, -0.2) is 4.98 Å². The van der Waals surface area contributed by atoms with E-state index in [0.29, 0.717) is 16.2 Å². The summed E-state index contributed by atoms with van der Waals surface area (Å²) in [4.78, 5) is 5.20. The second kappa shape index (κ2) is 4.64. The Morgan fingerprint density at radius 2 is 1.89 bits per heavy atom. The van der Waals surface area contributed by atoms with Crippen LogP contribution in [0.4, 0.5) is 13.2 Å². The van der Waals surface area contributed by atoms with Crippen molar-refractivity contribution in [2.24, 2.45) is 0 Å². The molecule has 2 nitrogen and oxygen atoms in total. The molecule has 98 valence electrons. The summed E-state index contributed by atoms with van der Waals surface area (Å²) >= 11 is 1.86. The number of aryl methyl sites for hydroxylation is 2. The standard InChI is InChI=1S/C11H10F3NOS2/c1-5-3-7(17-6(5)2)9(16)8-4-15-10(18-8)11(12,13)14/h3-4,9,16H,1-2H3. The molecule has 0 aliphatic rings. The van der Waals surface area contributed by atoms with Gasteiger partial charge in [-0.3, -0.25) is 0 Å². The molecule has 1 unspecified atom stereocenters. The first-order valence-electron chi connectivity index (χ1n) is 5.07. The van der Waals surface area contributed by atoms with Crippen LogP contribution in [0.2, 0.25) is 0 Å². The van der Waals surface area contributed by atoms with Crippen molar-refractivity contribution < 1.29 is 18.3 Å². The Morgan fingerprint density at radius 3 is 2.33 bits per heavy atom. The fourth-order valence-electron chi connectivity index (χ4n) is 1.42. The summed E-state index contributed by atoms with van der Waals surface area (Å²) in [6, 6.07) is 1.79. The smallest absolute Gasteiger partial charge is 0.382 e. The Morgan fingerprint density at radius 1 is 1.22 bits per heavy atom. The minimum Gasteiger partial charge on any atom is -0.382 e. The van der Waals surface area contributed by atoms with E-state index in [-0.39, 0.29) is 4.88 Å². The van der Waals surface area contributed by atoms with Gasteiger partial charge in [0.15, 0.2) is 5.01 Å². The van der Waals surface area contributed by atoms with Crippen molar-refractivity contribution in [3.63, 3.8) is 0 Å². The zero-order valence-corrected chi connectivity index (χ0v) is 11.2. The zero-order chi connectivity index (χ0) is 13.5. The molecule has 1 N–H and O–H groups in total. The van der Waals surface area contributed by atoms with Crippen LogP contribution in [0.1, 0.15) is 31.3 Å². The van der Waals surface area contributed by atoms with Gasteiger partial charge in [-0.2, -0.15) is 13.2 Å². The van der Waals surface area contributed by atoms with E-state index in [1.807, 2.05) is 13.8 Å². The molecule has 0 saturated heterocycles. The van der Waals surface area contributed by atoms with E-state index < -0.39 is 17.3 Å². The molecule has 2 rings (SSSR count). The molecule has 0 amide bonds. The minimum absolute atomic E-state index is 0.212. The topological polar surface area (TPSA) is 33.1 Å². The van der Waals surface area contributed by atoms with Gasteiger partial charge in [0, 0.05) is 16.0 Å². The molecule has 0 saturated carbocycles. The highest BCUT2D eigenvalue weighted by molar-refractivity contribution is 7.13. The molecule has 2 aromatic heterocycles. The highest BCUT2D eigenvalue weighted by Crippen LogP contribution is 2.37. The van der Waals surface area contributed by atoms with Crippen LogP contribution in [0.25, 0.3) is 0 Å². The van der Waals surface area contributed by atoms with Gasteiger partial charge in [0.25, 0.3) is 0 Å². The predicted molar refractivity (Wildman–Crippen MR) is 65.0 cm³/mol. The number of thiophene rings is 1. The number of rotatable bonds is 2. The quantitative estimate of drug-likeness (QED) is 0.910. The molecule has 2 aromatic rings. The van der Waals surface area contributed by atoms with Gasteiger partial charge < -0.3 is 5.11 Å². The summed E-state index contributed by atoms with van der Waals surface area (Å²) in [6.07, 6.45) is -4.40. The van der Waals surface area contributed by atoms with Gasteiger partial charge in [0.1, 0.15) is 6.10 Å². The van der Waals surface area contributed by atoms with Crippen LogP contribution in [0, 0.1) is 13.8 Å². The highest BCUT2D eigenvalue weighted by Gasteiger charge is 2.35. The first-order valence-corrected chi connectivity index (χ1v) is 6.70. The maximum absolute atomic E-state index is 12.4. The normalized spacial score (nSPS) is 13.9. The number of aliphatic hydroxyl groups is 1. The van der Waals surface area contributed by atoms with E-state index in [1.54, 1.807) is 6.07 Å². The van der Waals surface area contributed by atoms with E-state index in [9.17, 15) is 18.3 Å². The molecule has 2 heterocycles. The molecule has 18 heavy (non-hydrogen) atoms. The van der Waals surface area contributed by atoms with Crippen LogP contribution in [-0.4, -0.2) is 10.1 Å². The Labute approximate surface area is 110 Å². The van der Waals surface area contributed by atoms with Crippen molar-refractivity contribution in [1.29, 1.82) is 0 Å². The van der Waals surface area contributed by atoms with Gasteiger partial charge in [0.05, 0.1) is 4.88 Å². The fourth-order valence-corrected chi connectivity index (χ4v) is 3.33. The third-order valence-corrected chi connectivity index (χ3v) is 4.79. The average molecular weight is 293 g/mol. The molecule has 0 bridgehead atoms. The highest BCUT2D eigenvalue weighted by atomic mass is 32.1. The summed E-state index contributed by atoms with van der Waals surface area (Å²) in [5.74, 6) is 0. The molecule has 7 heteroatoms. The average Bonchev–Trinajstić information content (AvgIpc) is 2.85. The van der Waals surface area contributed by atoms with E-state index in [2.05, 4.69) is 4.98 Å². The number of nitrogens with zero attached hydrogens (tertiary/aromatic N) is 1. The summed E-state index contributed by atoms with van der Waals surface area (Å²) in [5, 5.41) is 9.09. The lowest BCUT2D eigenvalue weighted by Crippen LogP contribution is -2.03. The lowest BCUT2D eigenvalue weighted by molar-refractivity contribution is -0.137. The molecule has 1 atom stereocenters. The lowest BCUT2D eigenvalue weighted by atomic mass is 10.2. The van der Waals surface area contributed by atoms with Gasteiger partial charge in [-0.05, 0) is 25.5 Å². The third-order valence-electron chi connectivity index (χ3n) is 2.49. The number of alkyl halides is 3. The minimum atomic E-state index is -4.45. The van der Waals surface area contributed by atoms with Gasteiger partial charge in [-0.15, -0.1) is 22.7 Å². The first-order chi connectivity index (χ1) is 8.29. The second-order valence-corrected chi connectivity index (χ2v) is 6.21. The lowest BCUT2D eigenvalue weighted by Gasteiger charge is -2.04. The maximum Gasteiger partial charge on any atom is 0.443 e. The second-order valence-electron chi connectivity index (χ2n) is 3.86. The number of aliphatic hydroxyl groups excluding tert-OH is 1. The molecule has 0 aliphatic heterocycles. The van der Waals surface area contributed by atoms with Crippen LogP contribution < -0.4 is 0 Å². The fraction of sp³-hybridized carbons (Fsp3) is 0.364. The molecular weight excluding hydrogens is 283 g/mol. The predicted octanol–water partition coefficient (Wildman–Crippen LogP) is 3.92. The number of thiazole rings is 1. The van der Waals surface area contributed by atoms with Crippen molar-refractivity contribution in [3.05, 3.63) is 37.5 Å². The Bertz CT molecular complexity index is 539. The van der Waals surface area contributed by atoms with Crippen LogP contribution in [0.3, 0.4) is 0 Å². The number of hydrogen-bond donors (Lipinski definition) is 1. The van der Waals surface area contributed by atoms with Crippen LogP contribution >= 0.6 is 22.7 Å². The monoisotopic (exact) mass is 293 g/mol. The van der Waals surface area contributed by atoms with Crippen molar-refractivity contribution in [3.8, 4) is 0 Å². The molecule has 0 spiro atoms. The zero-order valence-electron chi connectivity index (χ0n) is 9.58. The molecule has 0 aromatic carbocycles. The van der Waals surface area contributed by atoms with E-state index in [4.69, 9.17) is 0 Å². The molecule has 0 fully saturated rings. The number of halogens is 3. The van der Waals surface area contributed by atoms with Crippen molar-refractivity contribution in [1.82, 2.24) is 4.98 Å². The van der Waals surface area contributed by atoms with Crippen LogP contribution in [-0.2, 0) is 6.18 Å². The van der Waals surface area contributed by atoms with Crippen LogP contribution in [0.15, 0.2) is 12.3 Å². The summed E-state index contributed by atoms with van der Waals surface area (Å²) in [7, 11) is 0. The Hall–Kier alpha value is -0.920. The Balaban J connectivity index is 2.29. The SMILES string of the molecule is Cc1cc(C(O)c2cnc(C(F)(F)F)s2)sc1C. The van der Waals surface area contributed by atoms with Gasteiger partial charge in [0.2, 0.25) is 0 Å². The first kappa shape index (κ1) is 13.5. The van der Waals surface area contributed by atoms with E-state index >= 15 is 0 Å². The number of aromatic nitrogens is 1. The van der Waals surface area contributed by atoms with Crippen LogP contribution in [0.5, 0.6) is 0 Å². The Kier molecular flexibility index (Phi) is 3.48. The summed E-state index contributed by atoms with van der Waals surface area (Å²) in [5.41, 5.74) is 1.02. The van der Waals surface area contributed by atoms with Crippen molar-refractivity contribution in [2.45, 2.75) is 26.1 Å². The van der Waals surface area contributed by atoms with E-state index in [1.165, 1.54) is 11.3 Å².